The van der Waals surface area contributed by atoms with E-state index in [2.05, 4.69) is 25.6 Å². The highest BCUT2D eigenvalue weighted by Crippen LogP contribution is 2.25. The molecule has 0 radical (unpaired) electrons. The number of H-pyrrole nitrogens is 1. The van der Waals surface area contributed by atoms with E-state index in [4.69, 9.17) is 17.3 Å². The number of aromatic amines is 1. The minimum absolute atomic E-state index is 0. The molecular formula is C25H24Cl2N6O3S. The van der Waals surface area contributed by atoms with E-state index in [0.717, 1.165) is 5.56 Å². The molecule has 0 spiro atoms. The van der Waals surface area contributed by atoms with Crippen molar-refractivity contribution < 1.29 is 9.59 Å². The SMILES string of the molecule is CSc1ncc2cc(C(=O)Nc3cc(C(=O)NC(CCN)c4ccccc4)ccc3Cl)c(=O)[nH]c2n1.Cl. The Morgan fingerprint density at radius 2 is 1.89 bits per heavy atom. The summed E-state index contributed by atoms with van der Waals surface area (Å²) in [5.41, 5.74) is 6.74. The van der Waals surface area contributed by atoms with Crippen molar-refractivity contribution in [2.45, 2.75) is 17.6 Å². The summed E-state index contributed by atoms with van der Waals surface area (Å²) in [6, 6.07) is 15.2. The number of benzene rings is 2. The van der Waals surface area contributed by atoms with E-state index in [-0.39, 0.29) is 46.2 Å². The molecule has 0 aliphatic rings. The van der Waals surface area contributed by atoms with Crippen LogP contribution in [0.1, 0.15) is 38.7 Å². The van der Waals surface area contributed by atoms with Gasteiger partial charge in [-0.3, -0.25) is 14.4 Å². The lowest BCUT2D eigenvalue weighted by Gasteiger charge is -2.19. The zero-order chi connectivity index (χ0) is 25.7. The molecule has 0 aliphatic carbocycles. The van der Waals surface area contributed by atoms with Crippen LogP contribution in [0.2, 0.25) is 5.02 Å². The van der Waals surface area contributed by atoms with Crippen LogP contribution in [0.3, 0.4) is 0 Å². The maximum atomic E-state index is 13.0. The molecule has 4 aromatic rings. The monoisotopic (exact) mass is 558 g/mol. The molecule has 0 bridgehead atoms. The first-order valence-electron chi connectivity index (χ1n) is 11.0. The second-order valence-electron chi connectivity index (χ2n) is 7.84. The Labute approximate surface area is 228 Å². The average Bonchev–Trinajstić information content (AvgIpc) is 2.89. The van der Waals surface area contributed by atoms with Crippen LogP contribution in [-0.4, -0.2) is 39.6 Å². The van der Waals surface area contributed by atoms with Gasteiger partial charge < -0.3 is 21.4 Å². The number of hydrogen-bond donors (Lipinski definition) is 4. The number of nitrogens with zero attached hydrogens (tertiary/aromatic N) is 2. The number of aromatic nitrogens is 3. The summed E-state index contributed by atoms with van der Waals surface area (Å²) in [7, 11) is 0. The minimum atomic E-state index is -0.683. The quantitative estimate of drug-likeness (QED) is 0.187. The fourth-order valence-corrected chi connectivity index (χ4v) is 4.12. The third-order valence-corrected chi connectivity index (χ3v) is 6.33. The molecule has 2 aromatic heterocycles. The normalized spacial score (nSPS) is 11.4. The van der Waals surface area contributed by atoms with Gasteiger partial charge in [0.05, 0.1) is 16.8 Å². The summed E-state index contributed by atoms with van der Waals surface area (Å²) in [6.07, 6.45) is 3.91. The number of carbonyl (C=O) groups is 2. The molecule has 1 unspecified atom stereocenters. The molecule has 0 saturated carbocycles. The number of nitrogens with one attached hydrogen (secondary N) is 3. The minimum Gasteiger partial charge on any atom is -0.345 e. The number of thioether (sulfide) groups is 1. The molecule has 9 nitrogen and oxygen atoms in total. The summed E-state index contributed by atoms with van der Waals surface area (Å²) >= 11 is 7.62. The standard InChI is InChI=1S/C25H23ClN6O3S.ClH/c1-36-25-28-13-16-11-17(24(35)31-21(16)32-25)23(34)30-20-12-15(7-8-18(20)26)22(33)29-19(9-10-27)14-5-3-2-4-6-14;/h2-8,11-13,19H,9-10,27H2,1H3,(H,29,33)(H,30,34)(H,28,31,32,35);1H. The summed E-state index contributed by atoms with van der Waals surface area (Å²) < 4.78 is 0. The number of fused-ring (bicyclic) bond motifs is 1. The fourth-order valence-electron chi connectivity index (χ4n) is 3.61. The molecule has 12 heteroatoms. The number of anilines is 1. The highest BCUT2D eigenvalue weighted by atomic mass is 35.5. The molecule has 0 saturated heterocycles. The number of halogens is 2. The van der Waals surface area contributed by atoms with E-state index in [0.29, 0.717) is 29.2 Å². The number of rotatable bonds is 8. The Morgan fingerprint density at radius 3 is 2.59 bits per heavy atom. The number of carbonyl (C=O) groups excluding carboxylic acids is 2. The lowest BCUT2D eigenvalue weighted by atomic mass is 10.0. The van der Waals surface area contributed by atoms with Crippen molar-refractivity contribution in [3.8, 4) is 0 Å². The zero-order valence-electron chi connectivity index (χ0n) is 19.7. The molecule has 0 fully saturated rings. The first-order chi connectivity index (χ1) is 17.4. The van der Waals surface area contributed by atoms with E-state index in [1.807, 2.05) is 36.6 Å². The van der Waals surface area contributed by atoms with Crippen molar-refractivity contribution in [2.75, 3.05) is 18.1 Å². The van der Waals surface area contributed by atoms with E-state index in [9.17, 15) is 14.4 Å². The van der Waals surface area contributed by atoms with Gasteiger partial charge in [0, 0.05) is 17.1 Å². The van der Waals surface area contributed by atoms with Gasteiger partial charge >= 0.3 is 0 Å². The van der Waals surface area contributed by atoms with Crippen molar-refractivity contribution in [1.82, 2.24) is 20.3 Å². The van der Waals surface area contributed by atoms with Gasteiger partial charge in [-0.1, -0.05) is 53.7 Å². The molecule has 2 aromatic carbocycles. The molecule has 4 rings (SSSR count). The highest BCUT2D eigenvalue weighted by Gasteiger charge is 2.18. The Balaban J connectivity index is 0.00000380. The predicted octanol–water partition coefficient (Wildman–Crippen LogP) is 4.19. The van der Waals surface area contributed by atoms with Crippen molar-refractivity contribution >= 4 is 64.3 Å². The maximum Gasteiger partial charge on any atom is 0.262 e. The van der Waals surface area contributed by atoms with Gasteiger partial charge in [0.2, 0.25) is 0 Å². The second-order valence-corrected chi connectivity index (χ2v) is 9.02. The number of pyridine rings is 1. The lowest BCUT2D eigenvalue weighted by molar-refractivity contribution is 0.0934. The van der Waals surface area contributed by atoms with Crippen LogP contribution < -0.4 is 21.9 Å². The first kappa shape index (κ1) is 28.1. The van der Waals surface area contributed by atoms with Crippen LogP contribution >= 0.6 is 35.8 Å². The predicted molar refractivity (Wildman–Crippen MR) is 149 cm³/mol. The van der Waals surface area contributed by atoms with E-state index >= 15 is 0 Å². The topological polar surface area (TPSA) is 143 Å². The molecule has 2 heterocycles. The smallest absolute Gasteiger partial charge is 0.262 e. The average molecular weight is 559 g/mol. The van der Waals surface area contributed by atoms with Gasteiger partial charge in [0.15, 0.2) is 5.16 Å². The molecule has 5 N–H and O–H groups in total. The third kappa shape index (κ3) is 6.66. The van der Waals surface area contributed by atoms with Crippen LogP contribution in [0.25, 0.3) is 11.0 Å². The van der Waals surface area contributed by atoms with Gasteiger partial charge in [0.1, 0.15) is 11.2 Å². The largest absolute Gasteiger partial charge is 0.345 e. The van der Waals surface area contributed by atoms with Crippen LogP contribution in [0.15, 0.2) is 70.7 Å². The number of amides is 2. The molecular weight excluding hydrogens is 535 g/mol. The number of hydrogen-bond acceptors (Lipinski definition) is 7. The third-order valence-electron chi connectivity index (χ3n) is 5.44. The summed E-state index contributed by atoms with van der Waals surface area (Å²) in [6.45, 7) is 0.395. The summed E-state index contributed by atoms with van der Waals surface area (Å²) in [5.74, 6) is -1.04. The van der Waals surface area contributed by atoms with Crippen molar-refractivity contribution in [1.29, 1.82) is 0 Å². The van der Waals surface area contributed by atoms with E-state index in [1.54, 1.807) is 6.07 Å². The Hall–Kier alpha value is -3.44. The van der Waals surface area contributed by atoms with E-state index in [1.165, 1.54) is 36.2 Å². The molecule has 1 atom stereocenters. The highest BCUT2D eigenvalue weighted by molar-refractivity contribution is 7.98. The molecule has 192 valence electrons. The van der Waals surface area contributed by atoms with Crippen molar-refractivity contribution in [3.05, 3.63) is 92.9 Å². The van der Waals surface area contributed by atoms with Gasteiger partial charge in [-0.2, -0.15) is 0 Å². The Kier molecular flexibility index (Phi) is 9.65. The van der Waals surface area contributed by atoms with Crippen molar-refractivity contribution in [2.24, 2.45) is 5.73 Å². The zero-order valence-corrected chi connectivity index (χ0v) is 22.0. The second kappa shape index (κ2) is 12.7. The van der Waals surface area contributed by atoms with Crippen LogP contribution in [0, 0.1) is 0 Å². The van der Waals surface area contributed by atoms with Gasteiger partial charge in [0.25, 0.3) is 17.4 Å². The first-order valence-corrected chi connectivity index (χ1v) is 12.6. The number of nitrogens with two attached hydrogens (primary N) is 1. The van der Waals surface area contributed by atoms with E-state index < -0.39 is 11.5 Å². The van der Waals surface area contributed by atoms with Crippen LogP contribution in [0.5, 0.6) is 0 Å². The van der Waals surface area contributed by atoms with Crippen LogP contribution in [0.4, 0.5) is 5.69 Å². The van der Waals surface area contributed by atoms with Crippen molar-refractivity contribution in [3.63, 3.8) is 0 Å². The fraction of sp³-hybridized carbons (Fsp3) is 0.160. The molecule has 0 aliphatic heterocycles. The van der Waals surface area contributed by atoms with Gasteiger partial charge in [-0.15, -0.1) is 12.4 Å². The molecule has 2 amide bonds. The summed E-state index contributed by atoms with van der Waals surface area (Å²) in [4.78, 5) is 49.5. The van der Waals surface area contributed by atoms with Gasteiger partial charge in [-0.25, -0.2) is 9.97 Å². The van der Waals surface area contributed by atoms with Gasteiger partial charge in [-0.05, 0) is 49.1 Å². The Bertz CT molecular complexity index is 1480. The lowest BCUT2D eigenvalue weighted by Crippen LogP contribution is -2.30. The molecule has 37 heavy (non-hydrogen) atoms. The maximum absolute atomic E-state index is 13.0. The summed E-state index contributed by atoms with van der Waals surface area (Å²) in [5, 5.41) is 6.82. The van der Waals surface area contributed by atoms with Crippen LogP contribution in [-0.2, 0) is 0 Å². The Morgan fingerprint density at radius 1 is 1.14 bits per heavy atom.